The molecule has 12 nitrogen and oxygen atoms in total. The van der Waals surface area contributed by atoms with Gasteiger partial charge in [-0.1, -0.05) is 56.3 Å². The number of carboxylic acids is 1. The Hall–Kier alpha value is -4.45. The minimum atomic E-state index is -1.48. The Balaban J connectivity index is 1.74. The van der Waals surface area contributed by atoms with Crippen molar-refractivity contribution in [1.82, 2.24) is 20.9 Å². The molecule has 12 heteroatoms. The number of nitrogens with two attached hydrogens (primary N) is 1. The van der Waals surface area contributed by atoms with Gasteiger partial charge in [-0.2, -0.15) is 0 Å². The molecule has 0 bridgehead atoms. The van der Waals surface area contributed by atoms with Gasteiger partial charge in [-0.3, -0.25) is 24.0 Å². The lowest BCUT2D eigenvalue weighted by Gasteiger charge is -2.31. The fourth-order valence-corrected chi connectivity index (χ4v) is 4.75. The fourth-order valence-electron chi connectivity index (χ4n) is 4.75. The van der Waals surface area contributed by atoms with Crippen LogP contribution >= 0.6 is 0 Å². The van der Waals surface area contributed by atoms with Crippen LogP contribution in [0.4, 0.5) is 5.69 Å². The smallest absolute Gasteiger partial charge is 0.305 e. The van der Waals surface area contributed by atoms with Gasteiger partial charge < -0.3 is 36.4 Å². The Morgan fingerprint density at radius 1 is 0.837 bits per heavy atom. The molecule has 43 heavy (non-hydrogen) atoms. The van der Waals surface area contributed by atoms with E-state index in [4.69, 9.17) is 10.5 Å². The maximum Gasteiger partial charge on any atom is 0.305 e. The van der Waals surface area contributed by atoms with Gasteiger partial charge in [0, 0.05) is 25.2 Å². The maximum absolute atomic E-state index is 13.5. The Labute approximate surface area is 251 Å². The monoisotopic (exact) mass is 595 g/mol. The van der Waals surface area contributed by atoms with Crippen molar-refractivity contribution in [3.05, 3.63) is 65.7 Å². The van der Waals surface area contributed by atoms with Gasteiger partial charge in [-0.25, -0.2) is 0 Å². The SMILES string of the molecule is CC(C)C[C@H](NC(=O)Cc1ccc(N)cc1)C(=O)N[C@@H](CC(=O)O)C(=O)N[C@@H](Cc1ccccc1)C(=O)N1CCOCC1. The number of ether oxygens (including phenoxy) is 1. The van der Waals surface area contributed by atoms with E-state index in [0.717, 1.165) is 5.56 Å². The van der Waals surface area contributed by atoms with Gasteiger partial charge in [-0.05, 0) is 35.6 Å². The van der Waals surface area contributed by atoms with Gasteiger partial charge in [0.15, 0.2) is 0 Å². The minimum Gasteiger partial charge on any atom is -0.481 e. The van der Waals surface area contributed by atoms with Crippen LogP contribution in [0, 0.1) is 5.92 Å². The van der Waals surface area contributed by atoms with Gasteiger partial charge in [0.1, 0.15) is 18.1 Å². The number of nitrogens with zero attached hydrogens (tertiary/aromatic N) is 1. The second kappa shape index (κ2) is 16.3. The summed E-state index contributed by atoms with van der Waals surface area (Å²) in [6.45, 7) is 5.22. The zero-order valence-electron chi connectivity index (χ0n) is 24.6. The zero-order valence-corrected chi connectivity index (χ0v) is 24.6. The summed E-state index contributed by atoms with van der Waals surface area (Å²) in [5.41, 5.74) is 7.77. The number of anilines is 1. The van der Waals surface area contributed by atoms with Crippen LogP contribution in [0.2, 0.25) is 0 Å². The summed E-state index contributed by atoms with van der Waals surface area (Å²) in [4.78, 5) is 66.3. The van der Waals surface area contributed by atoms with Gasteiger partial charge in [0.2, 0.25) is 23.6 Å². The van der Waals surface area contributed by atoms with Gasteiger partial charge >= 0.3 is 5.97 Å². The number of hydrogen-bond acceptors (Lipinski definition) is 7. The number of carboxylic acid groups (broad SMARTS) is 1. The van der Waals surface area contributed by atoms with E-state index in [1.165, 1.54) is 0 Å². The summed E-state index contributed by atoms with van der Waals surface area (Å²) in [6, 6.07) is 12.4. The zero-order chi connectivity index (χ0) is 31.4. The Kier molecular flexibility index (Phi) is 12.5. The van der Waals surface area contributed by atoms with Crippen LogP contribution in [-0.4, -0.2) is 84.0 Å². The Morgan fingerprint density at radius 2 is 1.44 bits per heavy atom. The number of carbonyl (C=O) groups is 5. The second-order valence-electron chi connectivity index (χ2n) is 11.0. The molecule has 2 aromatic rings. The summed E-state index contributed by atoms with van der Waals surface area (Å²) < 4.78 is 5.34. The molecule has 0 unspecified atom stereocenters. The van der Waals surface area contributed by atoms with Crippen molar-refractivity contribution < 1.29 is 33.8 Å². The van der Waals surface area contributed by atoms with E-state index in [9.17, 15) is 29.1 Å². The first-order valence-electron chi connectivity index (χ1n) is 14.4. The molecule has 1 aliphatic heterocycles. The summed E-state index contributed by atoms with van der Waals surface area (Å²) >= 11 is 0. The maximum atomic E-state index is 13.5. The number of carbonyl (C=O) groups excluding carboxylic acids is 4. The summed E-state index contributed by atoms with van der Waals surface area (Å²) in [6.07, 6.45) is -0.276. The first-order chi connectivity index (χ1) is 20.5. The average molecular weight is 596 g/mol. The summed E-state index contributed by atoms with van der Waals surface area (Å²) in [7, 11) is 0. The fraction of sp³-hybridized carbons (Fsp3) is 0.452. The van der Waals surface area contributed by atoms with E-state index in [-0.39, 0.29) is 31.1 Å². The molecular weight excluding hydrogens is 554 g/mol. The number of hydrogen-bond donors (Lipinski definition) is 5. The van der Waals surface area contributed by atoms with E-state index >= 15 is 0 Å². The van der Waals surface area contributed by atoms with E-state index in [0.29, 0.717) is 37.6 Å². The molecule has 3 rings (SSSR count). The number of morpholine rings is 1. The van der Waals surface area contributed by atoms with Gasteiger partial charge in [0.05, 0.1) is 26.1 Å². The molecular formula is C31H41N5O7. The standard InChI is InChI=1S/C31H41N5O7/c1-20(2)16-24(33-27(37)18-22-8-10-23(32)11-9-22)29(40)34-25(19-28(38)39)30(41)35-26(17-21-6-4-3-5-7-21)31(42)36-12-14-43-15-13-36/h3-11,20,24-26H,12-19,32H2,1-2H3,(H,33,37)(H,34,40)(H,35,41)(H,38,39)/t24-,25-,26-/m0/s1. The predicted molar refractivity (Wildman–Crippen MR) is 160 cm³/mol. The quantitative estimate of drug-likeness (QED) is 0.200. The first kappa shape index (κ1) is 33.1. The van der Waals surface area contributed by atoms with Gasteiger partial charge in [0.25, 0.3) is 0 Å². The van der Waals surface area contributed by atoms with E-state index in [1.807, 2.05) is 44.2 Å². The third-order valence-electron chi connectivity index (χ3n) is 6.93. The molecule has 1 heterocycles. The topological polar surface area (TPSA) is 180 Å². The normalized spacial score (nSPS) is 15.2. The molecule has 0 spiro atoms. The third kappa shape index (κ3) is 11.0. The van der Waals surface area contributed by atoms with Crippen molar-refractivity contribution >= 4 is 35.3 Å². The summed E-state index contributed by atoms with van der Waals surface area (Å²) in [5.74, 6) is -3.56. The van der Waals surface area contributed by atoms with Crippen LogP contribution in [0.5, 0.6) is 0 Å². The van der Waals surface area contributed by atoms with Crippen LogP contribution in [0.3, 0.4) is 0 Å². The van der Waals surface area contributed by atoms with Crippen LogP contribution in [-0.2, 0) is 41.6 Å². The summed E-state index contributed by atoms with van der Waals surface area (Å²) in [5, 5.41) is 17.4. The van der Waals surface area contributed by atoms with Gasteiger partial charge in [-0.15, -0.1) is 0 Å². The largest absolute Gasteiger partial charge is 0.481 e. The average Bonchev–Trinajstić information content (AvgIpc) is 2.97. The van der Waals surface area contributed by atoms with E-state index < -0.39 is 48.2 Å². The highest BCUT2D eigenvalue weighted by Gasteiger charge is 2.33. The van der Waals surface area contributed by atoms with E-state index in [2.05, 4.69) is 16.0 Å². The molecule has 0 saturated carbocycles. The lowest BCUT2D eigenvalue weighted by molar-refractivity contribution is -0.142. The number of nitrogen functional groups attached to an aromatic ring is 1. The van der Waals surface area contributed by atoms with Crippen LogP contribution in [0.25, 0.3) is 0 Å². The molecule has 2 aromatic carbocycles. The number of rotatable bonds is 14. The predicted octanol–water partition coefficient (Wildman–Crippen LogP) is 0.888. The molecule has 232 valence electrons. The number of nitrogens with one attached hydrogen (secondary N) is 3. The molecule has 4 amide bonds. The molecule has 1 aliphatic rings. The Bertz CT molecular complexity index is 1250. The highest BCUT2D eigenvalue weighted by molar-refractivity contribution is 5.96. The highest BCUT2D eigenvalue weighted by atomic mass is 16.5. The van der Waals surface area contributed by atoms with Crippen molar-refractivity contribution in [2.45, 2.75) is 57.7 Å². The molecule has 1 fully saturated rings. The lowest BCUT2D eigenvalue weighted by atomic mass is 10.0. The van der Waals surface area contributed by atoms with Crippen molar-refractivity contribution in [2.75, 3.05) is 32.0 Å². The molecule has 6 N–H and O–H groups in total. The van der Waals surface area contributed by atoms with Crippen molar-refractivity contribution in [3.63, 3.8) is 0 Å². The number of benzene rings is 2. The molecule has 0 aliphatic carbocycles. The molecule has 0 aromatic heterocycles. The molecule has 3 atom stereocenters. The number of aliphatic carboxylic acids is 1. The van der Waals surface area contributed by atoms with E-state index in [1.54, 1.807) is 29.2 Å². The first-order valence-corrected chi connectivity index (χ1v) is 14.4. The van der Waals surface area contributed by atoms with Crippen LogP contribution in [0.1, 0.15) is 37.8 Å². The molecule has 0 radical (unpaired) electrons. The van der Waals surface area contributed by atoms with Crippen molar-refractivity contribution in [1.29, 1.82) is 0 Å². The highest BCUT2D eigenvalue weighted by Crippen LogP contribution is 2.11. The second-order valence-corrected chi connectivity index (χ2v) is 11.0. The molecule has 1 saturated heterocycles. The lowest BCUT2D eigenvalue weighted by Crippen LogP contribution is -2.58. The number of amides is 4. The van der Waals surface area contributed by atoms with Crippen LogP contribution < -0.4 is 21.7 Å². The van der Waals surface area contributed by atoms with Crippen molar-refractivity contribution in [2.24, 2.45) is 5.92 Å². The van der Waals surface area contributed by atoms with Crippen LogP contribution in [0.15, 0.2) is 54.6 Å². The Morgan fingerprint density at radius 3 is 2.05 bits per heavy atom. The third-order valence-corrected chi connectivity index (χ3v) is 6.93. The van der Waals surface area contributed by atoms with Crippen molar-refractivity contribution in [3.8, 4) is 0 Å². The minimum absolute atomic E-state index is 0.000667.